The second-order valence-corrected chi connectivity index (χ2v) is 10.0. The van der Waals surface area contributed by atoms with Gasteiger partial charge in [0.25, 0.3) is 5.89 Å². The second kappa shape index (κ2) is 10.5. The molecule has 0 fully saturated rings. The summed E-state index contributed by atoms with van der Waals surface area (Å²) in [6.45, 7) is 12.5. The molecule has 0 spiro atoms. The van der Waals surface area contributed by atoms with Crippen LogP contribution >= 0.6 is 0 Å². The molecule has 1 aliphatic rings. The predicted molar refractivity (Wildman–Crippen MR) is 129 cm³/mol. The first-order valence-corrected chi connectivity index (χ1v) is 11.8. The summed E-state index contributed by atoms with van der Waals surface area (Å²) in [6, 6.07) is 4.97. The topological polar surface area (TPSA) is 124 Å². The molecule has 10 nitrogen and oxygen atoms in total. The number of alkyl carbamates (subject to hydrolysis) is 1. The van der Waals surface area contributed by atoms with Crippen LogP contribution in [-0.4, -0.2) is 45.9 Å². The normalized spacial score (nSPS) is 17.7. The molecule has 10 heteroatoms. The smallest absolute Gasteiger partial charge is 0.407 e. The van der Waals surface area contributed by atoms with Gasteiger partial charge >= 0.3 is 12.1 Å². The Labute approximate surface area is 205 Å². The van der Waals surface area contributed by atoms with E-state index in [1.807, 2.05) is 39.8 Å². The number of aromatic nitrogens is 2. The maximum absolute atomic E-state index is 12.4. The van der Waals surface area contributed by atoms with Crippen molar-refractivity contribution in [2.24, 2.45) is 0 Å². The molecule has 1 aromatic carbocycles. The van der Waals surface area contributed by atoms with E-state index in [-0.39, 0.29) is 48.8 Å². The Bertz CT molecular complexity index is 1090. The minimum absolute atomic E-state index is 0.0862. The van der Waals surface area contributed by atoms with Crippen molar-refractivity contribution in [1.82, 2.24) is 15.5 Å². The van der Waals surface area contributed by atoms with Gasteiger partial charge in [0.15, 0.2) is 5.82 Å². The van der Waals surface area contributed by atoms with Crippen LogP contribution in [0.1, 0.15) is 78.7 Å². The van der Waals surface area contributed by atoms with Crippen molar-refractivity contribution >= 4 is 23.7 Å². The third-order valence-electron chi connectivity index (χ3n) is 5.34. The highest BCUT2D eigenvalue weighted by atomic mass is 16.6. The van der Waals surface area contributed by atoms with Crippen molar-refractivity contribution in [2.45, 2.75) is 91.5 Å². The number of amides is 2. The number of carbonyl (C=O) groups excluding carboxylic acids is 3. The van der Waals surface area contributed by atoms with Crippen LogP contribution in [0.3, 0.4) is 0 Å². The molecule has 2 heterocycles. The molecule has 2 atom stereocenters. The quantitative estimate of drug-likeness (QED) is 0.598. The molecular weight excluding hydrogens is 452 g/mol. The lowest BCUT2D eigenvalue weighted by molar-refractivity contribution is -0.154. The summed E-state index contributed by atoms with van der Waals surface area (Å²) >= 11 is 0. The van der Waals surface area contributed by atoms with E-state index >= 15 is 0 Å². The van der Waals surface area contributed by atoms with E-state index in [0.717, 1.165) is 5.56 Å². The van der Waals surface area contributed by atoms with E-state index < -0.39 is 11.7 Å². The van der Waals surface area contributed by atoms with E-state index in [2.05, 4.69) is 15.5 Å². The number of anilines is 1. The third kappa shape index (κ3) is 6.80. The van der Waals surface area contributed by atoms with Crippen LogP contribution in [0.25, 0.3) is 11.5 Å². The Morgan fingerprint density at radius 3 is 2.60 bits per heavy atom. The van der Waals surface area contributed by atoms with Crippen molar-refractivity contribution in [3.8, 4) is 11.5 Å². The van der Waals surface area contributed by atoms with Crippen molar-refractivity contribution in [2.75, 3.05) is 4.90 Å². The first-order chi connectivity index (χ1) is 16.3. The number of carbonyl (C=O) groups is 3. The van der Waals surface area contributed by atoms with Crippen molar-refractivity contribution in [1.29, 1.82) is 0 Å². The zero-order valence-corrected chi connectivity index (χ0v) is 21.4. The summed E-state index contributed by atoms with van der Waals surface area (Å²) in [5, 5.41) is 6.89. The van der Waals surface area contributed by atoms with Gasteiger partial charge in [0, 0.05) is 30.6 Å². The zero-order chi connectivity index (χ0) is 25.9. The molecular formula is C25H34N4O6. The van der Waals surface area contributed by atoms with E-state index in [4.69, 9.17) is 14.0 Å². The summed E-state index contributed by atoms with van der Waals surface area (Å²) in [4.78, 5) is 42.8. The molecule has 1 aromatic heterocycles. The fourth-order valence-electron chi connectivity index (χ4n) is 4.08. The van der Waals surface area contributed by atoms with Crippen molar-refractivity contribution in [3.05, 3.63) is 29.6 Å². The van der Waals surface area contributed by atoms with E-state index in [0.29, 0.717) is 23.5 Å². The van der Waals surface area contributed by atoms with Crippen LogP contribution in [0.4, 0.5) is 10.5 Å². The number of fused-ring (bicyclic) bond motifs is 1. The number of hydrogen-bond donors (Lipinski definition) is 1. The van der Waals surface area contributed by atoms with Gasteiger partial charge in [0.1, 0.15) is 5.60 Å². The van der Waals surface area contributed by atoms with Gasteiger partial charge in [-0.05, 0) is 71.7 Å². The molecule has 0 unspecified atom stereocenters. The van der Waals surface area contributed by atoms with Gasteiger partial charge in [-0.2, -0.15) is 4.98 Å². The maximum Gasteiger partial charge on any atom is 0.407 e. The monoisotopic (exact) mass is 486 g/mol. The molecule has 2 amide bonds. The summed E-state index contributed by atoms with van der Waals surface area (Å²) in [5.41, 5.74) is 1.55. The second-order valence-electron chi connectivity index (χ2n) is 10.0. The largest absolute Gasteiger partial charge is 0.460 e. The lowest BCUT2D eigenvalue weighted by atomic mass is 9.90. The number of aryl methyl sites for hydroxylation is 1. The molecule has 190 valence electrons. The minimum Gasteiger partial charge on any atom is -0.460 e. The molecule has 0 saturated carbocycles. The Morgan fingerprint density at radius 1 is 1.26 bits per heavy atom. The molecule has 1 aliphatic heterocycles. The average Bonchev–Trinajstić information content (AvgIpc) is 3.19. The van der Waals surface area contributed by atoms with Gasteiger partial charge in [0.05, 0.1) is 18.6 Å². The highest BCUT2D eigenvalue weighted by Gasteiger charge is 2.34. The maximum atomic E-state index is 12.4. The van der Waals surface area contributed by atoms with E-state index in [1.54, 1.807) is 24.8 Å². The fraction of sp³-hybridized carbons (Fsp3) is 0.560. The van der Waals surface area contributed by atoms with Gasteiger partial charge in [-0.25, -0.2) is 4.79 Å². The van der Waals surface area contributed by atoms with Crippen LogP contribution in [0.5, 0.6) is 0 Å². The lowest BCUT2D eigenvalue weighted by Crippen LogP contribution is -2.45. The molecule has 0 radical (unpaired) electrons. The van der Waals surface area contributed by atoms with Crippen LogP contribution in [-0.2, 0) is 25.5 Å². The average molecular weight is 487 g/mol. The van der Waals surface area contributed by atoms with Crippen molar-refractivity contribution < 1.29 is 28.4 Å². The van der Waals surface area contributed by atoms with Gasteiger partial charge in [0.2, 0.25) is 5.91 Å². The van der Waals surface area contributed by atoms with Gasteiger partial charge in [-0.15, -0.1) is 0 Å². The van der Waals surface area contributed by atoms with Crippen LogP contribution in [0, 0.1) is 0 Å². The highest BCUT2D eigenvalue weighted by Crippen LogP contribution is 2.39. The number of nitrogens with one attached hydrogen (secondary N) is 1. The summed E-state index contributed by atoms with van der Waals surface area (Å²) in [7, 11) is 0. The molecule has 35 heavy (non-hydrogen) atoms. The molecule has 0 aliphatic carbocycles. The van der Waals surface area contributed by atoms with Crippen molar-refractivity contribution in [3.63, 3.8) is 0 Å². The van der Waals surface area contributed by atoms with Gasteiger partial charge in [-0.3, -0.25) is 9.59 Å². The standard InChI is InChI=1S/C25H34N4O6/c1-14(2)33-24(32)26-19-12-15(3)29(16(4)30)20-9-8-17(13-18(19)20)23-27-21(28-35-23)10-11-22(31)34-25(5,6)7/h8-9,13-15,19H,10-12H2,1-7H3,(H,26,32)/t15-,19+/m0/s1. The van der Waals surface area contributed by atoms with E-state index in [9.17, 15) is 14.4 Å². The molecule has 2 aromatic rings. The number of esters is 1. The lowest BCUT2D eigenvalue weighted by Gasteiger charge is -2.39. The Balaban J connectivity index is 1.84. The zero-order valence-electron chi connectivity index (χ0n) is 21.4. The van der Waals surface area contributed by atoms with Crippen LogP contribution in [0.2, 0.25) is 0 Å². The number of ether oxygens (including phenoxy) is 2. The molecule has 0 saturated heterocycles. The summed E-state index contributed by atoms with van der Waals surface area (Å²) in [6.07, 6.45) is 0.161. The molecule has 3 rings (SSSR count). The first kappa shape index (κ1) is 26.2. The number of nitrogens with zero attached hydrogens (tertiary/aromatic N) is 3. The highest BCUT2D eigenvalue weighted by molar-refractivity contribution is 5.94. The number of rotatable bonds is 6. The molecule has 0 bridgehead atoms. The first-order valence-electron chi connectivity index (χ1n) is 11.8. The Hall–Kier alpha value is -3.43. The Kier molecular flexibility index (Phi) is 7.82. The van der Waals surface area contributed by atoms with Crippen LogP contribution in [0.15, 0.2) is 22.7 Å². The fourth-order valence-corrected chi connectivity index (χ4v) is 4.08. The van der Waals surface area contributed by atoms with Gasteiger partial charge < -0.3 is 24.2 Å². The minimum atomic E-state index is -0.556. The number of benzene rings is 1. The number of hydrogen-bond acceptors (Lipinski definition) is 8. The molecule has 1 N–H and O–H groups in total. The summed E-state index contributed by atoms with van der Waals surface area (Å²) < 4.78 is 16.0. The Morgan fingerprint density at radius 2 is 1.97 bits per heavy atom. The third-order valence-corrected chi connectivity index (χ3v) is 5.34. The van der Waals surface area contributed by atoms with Gasteiger partial charge in [-0.1, -0.05) is 5.16 Å². The predicted octanol–water partition coefficient (Wildman–Crippen LogP) is 4.33. The van der Waals surface area contributed by atoms with E-state index in [1.165, 1.54) is 6.92 Å². The van der Waals surface area contributed by atoms with Crippen LogP contribution < -0.4 is 10.2 Å². The summed E-state index contributed by atoms with van der Waals surface area (Å²) in [5.74, 6) is 0.247. The SMILES string of the molecule is CC(=O)N1c2ccc(-c3nc(CCC(=O)OC(C)(C)C)no3)cc2[C@H](NC(=O)OC(C)C)C[C@@H]1C.